The van der Waals surface area contributed by atoms with Crippen LogP contribution in [0.15, 0.2) is 59.8 Å². The summed E-state index contributed by atoms with van der Waals surface area (Å²) < 4.78 is 7.59. The molecular formula is C32H29Cl3N4O5. The van der Waals surface area contributed by atoms with Crippen LogP contribution in [0.25, 0.3) is 28.2 Å². The third-order valence-electron chi connectivity index (χ3n) is 8.18. The molecule has 1 aliphatic heterocycles. The topological polar surface area (TPSA) is 109 Å². The summed E-state index contributed by atoms with van der Waals surface area (Å²) >= 11 is 19.5. The van der Waals surface area contributed by atoms with Gasteiger partial charge in [0.1, 0.15) is 11.3 Å². The van der Waals surface area contributed by atoms with Gasteiger partial charge in [0, 0.05) is 41.3 Å². The number of carboxylic acid groups (broad SMARTS) is 1. The van der Waals surface area contributed by atoms with Crippen molar-refractivity contribution in [3.8, 4) is 11.3 Å². The summed E-state index contributed by atoms with van der Waals surface area (Å²) in [5.41, 5.74) is 1.78. The zero-order valence-corrected chi connectivity index (χ0v) is 26.5. The molecule has 0 saturated carbocycles. The monoisotopic (exact) mass is 654 g/mol. The fourth-order valence-corrected chi connectivity index (χ4v) is 6.95. The first kappa shape index (κ1) is 31.5. The first-order valence-corrected chi connectivity index (χ1v) is 14.8. The standard InChI is InChI=1S/C32H29Cl3N4O5/c1-5-24(40)38-13-11-32(12-14-38,37(3)4)30-28(29(36-44-30)27-21(34)15-20(33)16-22(27)35)31(43)39-17-18(2)26-19(9-10-25(41)42)7-6-8-23(26)39/h5-10,15-17H,1,11-14H2,2-4H3,(H,41,42)/b10-9+. The molecule has 3 heterocycles. The highest BCUT2D eigenvalue weighted by Crippen LogP contribution is 2.45. The number of nitrogens with zero attached hydrogens (tertiary/aromatic N) is 4. The van der Waals surface area contributed by atoms with Gasteiger partial charge in [-0.05, 0) is 75.3 Å². The Hall–Kier alpha value is -3.89. The molecule has 1 amide bonds. The zero-order chi connectivity index (χ0) is 31.9. The molecule has 2 aromatic carbocycles. The maximum Gasteiger partial charge on any atom is 0.328 e. The fraction of sp³-hybridized carbons (Fsp3) is 0.250. The lowest BCUT2D eigenvalue weighted by atomic mass is 9.81. The number of carboxylic acids is 1. The summed E-state index contributed by atoms with van der Waals surface area (Å²) in [6, 6.07) is 8.36. The van der Waals surface area contributed by atoms with E-state index < -0.39 is 17.4 Å². The molecule has 0 radical (unpaired) electrons. The molecule has 12 heteroatoms. The molecule has 5 rings (SSSR count). The van der Waals surface area contributed by atoms with Crippen molar-refractivity contribution < 1.29 is 24.0 Å². The molecule has 0 spiro atoms. The van der Waals surface area contributed by atoms with Gasteiger partial charge in [0.25, 0.3) is 5.91 Å². The number of fused-ring (bicyclic) bond motifs is 1. The average molecular weight is 656 g/mol. The summed E-state index contributed by atoms with van der Waals surface area (Å²) in [6.07, 6.45) is 6.44. The normalized spacial score (nSPS) is 14.9. The van der Waals surface area contributed by atoms with Crippen molar-refractivity contribution in [3.63, 3.8) is 0 Å². The lowest BCUT2D eigenvalue weighted by molar-refractivity contribution is -0.131. The zero-order valence-electron chi connectivity index (χ0n) is 24.2. The van der Waals surface area contributed by atoms with Crippen molar-refractivity contribution in [1.29, 1.82) is 0 Å². The number of piperidine rings is 1. The number of hydrogen-bond donors (Lipinski definition) is 1. The Morgan fingerprint density at radius 2 is 1.77 bits per heavy atom. The van der Waals surface area contributed by atoms with Crippen LogP contribution in [0, 0.1) is 6.92 Å². The second-order valence-electron chi connectivity index (χ2n) is 10.8. The van der Waals surface area contributed by atoms with Crippen LogP contribution in [-0.2, 0) is 15.1 Å². The number of halogens is 3. The summed E-state index contributed by atoms with van der Waals surface area (Å²) in [7, 11) is 3.78. The number of rotatable bonds is 7. The van der Waals surface area contributed by atoms with E-state index in [4.69, 9.17) is 39.3 Å². The Kier molecular flexibility index (Phi) is 8.77. The van der Waals surface area contributed by atoms with Gasteiger partial charge in [0.15, 0.2) is 5.76 Å². The van der Waals surface area contributed by atoms with E-state index in [-0.39, 0.29) is 27.2 Å². The number of aryl methyl sites for hydroxylation is 1. The Morgan fingerprint density at radius 1 is 1.11 bits per heavy atom. The van der Waals surface area contributed by atoms with Crippen LogP contribution in [0.1, 0.15) is 40.1 Å². The lowest BCUT2D eigenvalue weighted by Crippen LogP contribution is -2.52. The molecule has 2 aromatic heterocycles. The highest BCUT2D eigenvalue weighted by molar-refractivity contribution is 6.42. The minimum absolute atomic E-state index is 0.156. The van der Waals surface area contributed by atoms with Crippen LogP contribution in [0.5, 0.6) is 0 Å². The number of aromatic nitrogens is 2. The van der Waals surface area contributed by atoms with Crippen LogP contribution in [0.4, 0.5) is 0 Å². The first-order valence-electron chi connectivity index (χ1n) is 13.7. The number of aliphatic carboxylic acids is 1. The van der Waals surface area contributed by atoms with Crippen molar-refractivity contribution in [2.24, 2.45) is 0 Å². The van der Waals surface area contributed by atoms with Gasteiger partial charge in [0.2, 0.25) is 5.91 Å². The van der Waals surface area contributed by atoms with Gasteiger partial charge in [-0.15, -0.1) is 0 Å². The number of carbonyl (C=O) groups excluding carboxylic acids is 2. The highest BCUT2D eigenvalue weighted by Gasteiger charge is 2.46. The highest BCUT2D eigenvalue weighted by atomic mass is 35.5. The van der Waals surface area contributed by atoms with Crippen LogP contribution < -0.4 is 0 Å². The largest absolute Gasteiger partial charge is 0.478 e. The van der Waals surface area contributed by atoms with E-state index in [1.807, 2.05) is 25.9 Å². The third kappa shape index (κ3) is 5.45. The molecular weight excluding hydrogens is 627 g/mol. The summed E-state index contributed by atoms with van der Waals surface area (Å²) in [4.78, 5) is 42.1. The van der Waals surface area contributed by atoms with Gasteiger partial charge >= 0.3 is 5.97 Å². The van der Waals surface area contributed by atoms with E-state index in [2.05, 4.69) is 11.7 Å². The predicted molar refractivity (Wildman–Crippen MR) is 171 cm³/mol. The van der Waals surface area contributed by atoms with E-state index in [1.54, 1.807) is 29.3 Å². The summed E-state index contributed by atoms with van der Waals surface area (Å²) in [5.74, 6) is -1.38. The van der Waals surface area contributed by atoms with Crippen LogP contribution in [-0.4, -0.2) is 69.6 Å². The van der Waals surface area contributed by atoms with Crippen molar-refractivity contribution in [2.45, 2.75) is 25.3 Å². The number of carbonyl (C=O) groups is 3. The maximum atomic E-state index is 14.8. The van der Waals surface area contributed by atoms with Crippen molar-refractivity contribution in [3.05, 3.63) is 92.8 Å². The maximum absolute atomic E-state index is 14.8. The molecule has 0 unspecified atom stereocenters. The third-order valence-corrected chi connectivity index (χ3v) is 9.00. The number of benzene rings is 2. The molecule has 0 aliphatic carbocycles. The molecule has 4 aromatic rings. The van der Waals surface area contributed by atoms with Crippen LogP contribution >= 0.6 is 34.8 Å². The van der Waals surface area contributed by atoms with E-state index in [9.17, 15) is 19.5 Å². The Morgan fingerprint density at radius 3 is 2.36 bits per heavy atom. The van der Waals surface area contributed by atoms with Crippen molar-refractivity contribution in [1.82, 2.24) is 19.5 Å². The Bertz CT molecular complexity index is 1820. The molecule has 1 saturated heterocycles. The number of hydrogen-bond acceptors (Lipinski definition) is 6. The van der Waals surface area contributed by atoms with Gasteiger partial charge in [0.05, 0.1) is 21.1 Å². The fourth-order valence-electron chi connectivity index (χ4n) is 5.95. The van der Waals surface area contributed by atoms with Crippen LogP contribution in [0.3, 0.4) is 0 Å². The SMILES string of the molecule is C=CC(=O)N1CCC(c2onc(-c3c(Cl)cc(Cl)cc3Cl)c2C(=O)n2cc(C)c3c(/C=C/C(=O)O)cccc32)(N(C)C)CC1. The molecule has 0 bridgehead atoms. The summed E-state index contributed by atoms with van der Waals surface area (Å²) in [6.45, 7) is 6.26. The van der Waals surface area contributed by atoms with E-state index in [0.717, 1.165) is 17.0 Å². The Labute approximate surface area is 268 Å². The number of amides is 1. The molecule has 1 aliphatic rings. The van der Waals surface area contributed by atoms with Crippen molar-refractivity contribution in [2.75, 3.05) is 27.2 Å². The molecule has 1 N–H and O–H groups in total. The quantitative estimate of drug-likeness (QED) is 0.215. The van der Waals surface area contributed by atoms with Gasteiger partial charge in [-0.2, -0.15) is 0 Å². The molecule has 0 atom stereocenters. The molecule has 44 heavy (non-hydrogen) atoms. The molecule has 1 fully saturated rings. The van der Waals surface area contributed by atoms with Gasteiger partial charge in [-0.25, -0.2) is 4.79 Å². The average Bonchev–Trinajstić information content (AvgIpc) is 3.57. The van der Waals surface area contributed by atoms with E-state index in [0.29, 0.717) is 53.4 Å². The van der Waals surface area contributed by atoms with E-state index in [1.165, 1.54) is 28.9 Å². The molecule has 9 nitrogen and oxygen atoms in total. The lowest BCUT2D eigenvalue weighted by Gasteiger charge is -2.44. The first-order chi connectivity index (χ1) is 20.9. The van der Waals surface area contributed by atoms with Crippen molar-refractivity contribution >= 4 is 69.6 Å². The smallest absolute Gasteiger partial charge is 0.328 e. The second kappa shape index (κ2) is 12.2. The summed E-state index contributed by atoms with van der Waals surface area (Å²) in [5, 5.41) is 15.0. The second-order valence-corrected chi connectivity index (χ2v) is 12.1. The van der Waals surface area contributed by atoms with Gasteiger partial charge < -0.3 is 14.5 Å². The minimum Gasteiger partial charge on any atom is -0.478 e. The predicted octanol–water partition coefficient (Wildman–Crippen LogP) is 6.92. The van der Waals surface area contributed by atoms with E-state index >= 15 is 0 Å². The Balaban J connectivity index is 1.75. The minimum atomic E-state index is -1.08. The number of likely N-dealkylation sites (tertiary alicyclic amines) is 1. The van der Waals surface area contributed by atoms with Crippen LogP contribution in [0.2, 0.25) is 15.1 Å². The van der Waals surface area contributed by atoms with Gasteiger partial charge in [-0.3, -0.25) is 19.1 Å². The molecule has 228 valence electrons. The van der Waals surface area contributed by atoms with Gasteiger partial charge in [-0.1, -0.05) is 58.7 Å².